The molecule has 2 unspecified atom stereocenters. The standard InChI is InChI=1S/C17H27NO/c1-4-18-16-9-6-8-15(16)11-12-19-17-10-5-7-13(2)14(17)3/h5,7,10,15-16,18H,4,6,8-9,11-12H2,1-3H3. The zero-order valence-electron chi connectivity index (χ0n) is 12.5. The molecule has 0 heterocycles. The molecule has 2 atom stereocenters. The summed E-state index contributed by atoms with van der Waals surface area (Å²) in [6.45, 7) is 8.40. The van der Waals surface area contributed by atoms with Crippen molar-refractivity contribution < 1.29 is 4.74 Å². The Morgan fingerprint density at radius 1 is 1.26 bits per heavy atom. The van der Waals surface area contributed by atoms with Crippen LogP contribution in [0.25, 0.3) is 0 Å². The molecule has 0 spiro atoms. The van der Waals surface area contributed by atoms with Gasteiger partial charge in [0.05, 0.1) is 6.61 Å². The Morgan fingerprint density at radius 3 is 2.89 bits per heavy atom. The number of hydrogen-bond acceptors (Lipinski definition) is 2. The molecule has 0 aliphatic heterocycles. The van der Waals surface area contributed by atoms with Crippen LogP contribution in [0.2, 0.25) is 0 Å². The second-order valence-electron chi connectivity index (χ2n) is 5.69. The maximum absolute atomic E-state index is 5.98. The second kappa shape index (κ2) is 6.95. The Balaban J connectivity index is 1.81. The molecule has 106 valence electrons. The number of rotatable bonds is 6. The maximum atomic E-state index is 5.98. The van der Waals surface area contributed by atoms with Gasteiger partial charge in [-0.3, -0.25) is 0 Å². The van der Waals surface area contributed by atoms with Gasteiger partial charge in [0, 0.05) is 6.04 Å². The van der Waals surface area contributed by atoms with Crippen molar-refractivity contribution in [1.29, 1.82) is 0 Å². The van der Waals surface area contributed by atoms with Gasteiger partial charge >= 0.3 is 0 Å². The molecule has 1 aromatic carbocycles. The first kappa shape index (κ1) is 14.4. The van der Waals surface area contributed by atoms with Gasteiger partial charge in [-0.25, -0.2) is 0 Å². The molecule has 0 radical (unpaired) electrons. The maximum Gasteiger partial charge on any atom is 0.122 e. The molecule has 0 aromatic heterocycles. The van der Waals surface area contributed by atoms with Gasteiger partial charge in [0.15, 0.2) is 0 Å². The summed E-state index contributed by atoms with van der Waals surface area (Å²) in [5, 5.41) is 3.61. The molecule has 2 nitrogen and oxygen atoms in total. The van der Waals surface area contributed by atoms with E-state index in [4.69, 9.17) is 4.74 Å². The fourth-order valence-corrected chi connectivity index (χ4v) is 3.11. The molecule has 2 heteroatoms. The Labute approximate surface area is 117 Å². The molecule has 1 aliphatic rings. The lowest BCUT2D eigenvalue weighted by molar-refractivity contribution is 0.260. The highest BCUT2D eigenvalue weighted by atomic mass is 16.5. The first-order valence-corrected chi connectivity index (χ1v) is 7.64. The van der Waals surface area contributed by atoms with Crippen molar-refractivity contribution >= 4 is 0 Å². The highest BCUT2D eigenvalue weighted by Gasteiger charge is 2.26. The summed E-state index contributed by atoms with van der Waals surface area (Å²) in [6, 6.07) is 7.01. The highest BCUT2D eigenvalue weighted by Crippen LogP contribution is 2.29. The summed E-state index contributed by atoms with van der Waals surface area (Å²) >= 11 is 0. The van der Waals surface area contributed by atoms with E-state index in [2.05, 4.69) is 44.3 Å². The van der Waals surface area contributed by atoms with E-state index in [0.29, 0.717) is 6.04 Å². The van der Waals surface area contributed by atoms with Crippen molar-refractivity contribution in [2.45, 2.75) is 52.5 Å². The van der Waals surface area contributed by atoms with Gasteiger partial charge < -0.3 is 10.1 Å². The molecule has 0 bridgehead atoms. The van der Waals surface area contributed by atoms with Crippen LogP contribution >= 0.6 is 0 Å². The molecule has 19 heavy (non-hydrogen) atoms. The molecule has 1 N–H and O–H groups in total. The molecule has 1 aliphatic carbocycles. The smallest absolute Gasteiger partial charge is 0.122 e. The normalized spacial score (nSPS) is 22.7. The fraction of sp³-hybridized carbons (Fsp3) is 0.647. The number of benzene rings is 1. The molecule has 1 saturated carbocycles. The van der Waals surface area contributed by atoms with E-state index < -0.39 is 0 Å². The van der Waals surface area contributed by atoms with Crippen molar-refractivity contribution in [3.8, 4) is 5.75 Å². The van der Waals surface area contributed by atoms with Crippen LogP contribution in [0.4, 0.5) is 0 Å². The van der Waals surface area contributed by atoms with E-state index in [1.807, 2.05) is 0 Å². The van der Waals surface area contributed by atoms with Gasteiger partial charge in [0.25, 0.3) is 0 Å². The minimum absolute atomic E-state index is 0.715. The Hall–Kier alpha value is -1.02. The SMILES string of the molecule is CCNC1CCCC1CCOc1cccc(C)c1C. The molecule has 0 saturated heterocycles. The molecule has 2 rings (SSSR count). The number of ether oxygens (including phenoxy) is 1. The van der Waals surface area contributed by atoms with Crippen LogP contribution in [-0.2, 0) is 0 Å². The second-order valence-corrected chi connectivity index (χ2v) is 5.69. The van der Waals surface area contributed by atoms with Gasteiger partial charge in [0.2, 0.25) is 0 Å². The van der Waals surface area contributed by atoms with E-state index in [9.17, 15) is 0 Å². The average molecular weight is 261 g/mol. The molecule has 1 aromatic rings. The van der Waals surface area contributed by atoms with Crippen molar-refractivity contribution in [2.75, 3.05) is 13.2 Å². The van der Waals surface area contributed by atoms with E-state index in [0.717, 1.165) is 24.8 Å². The van der Waals surface area contributed by atoms with Crippen molar-refractivity contribution in [3.05, 3.63) is 29.3 Å². The summed E-state index contributed by atoms with van der Waals surface area (Å²) in [7, 11) is 0. The predicted octanol–water partition coefficient (Wildman–Crippen LogP) is 3.85. The van der Waals surface area contributed by atoms with Crippen LogP contribution in [0.15, 0.2) is 18.2 Å². The van der Waals surface area contributed by atoms with Gasteiger partial charge in [0.1, 0.15) is 5.75 Å². The summed E-state index contributed by atoms with van der Waals surface area (Å²) in [6.07, 6.45) is 5.23. The zero-order valence-corrected chi connectivity index (χ0v) is 12.5. The van der Waals surface area contributed by atoms with Crippen LogP contribution in [0, 0.1) is 19.8 Å². The van der Waals surface area contributed by atoms with Gasteiger partial charge in [-0.1, -0.05) is 25.5 Å². The van der Waals surface area contributed by atoms with Crippen molar-refractivity contribution in [3.63, 3.8) is 0 Å². The van der Waals surface area contributed by atoms with Gasteiger partial charge in [-0.15, -0.1) is 0 Å². The quantitative estimate of drug-likeness (QED) is 0.840. The lowest BCUT2D eigenvalue weighted by Gasteiger charge is -2.20. The average Bonchev–Trinajstić information content (AvgIpc) is 2.83. The lowest BCUT2D eigenvalue weighted by atomic mass is 10.00. The first-order valence-electron chi connectivity index (χ1n) is 7.64. The van der Waals surface area contributed by atoms with Crippen LogP contribution in [0.5, 0.6) is 5.75 Å². The van der Waals surface area contributed by atoms with E-state index in [-0.39, 0.29) is 0 Å². The largest absolute Gasteiger partial charge is 0.493 e. The van der Waals surface area contributed by atoms with Crippen molar-refractivity contribution in [2.24, 2.45) is 5.92 Å². The topological polar surface area (TPSA) is 21.3 Å². The molecular weight excluding hydrogens is 234 g/mol. The van der Waals surface area contributed by atoms with Crippen LogP contribution in [0.1, 0.15) is 43.7 Å². The summed E-state index contributed by atoms with van der Waals surface area (Å²) in [4.78, 5) is 0. The molecule has 0 amide bonds. The number of aryl methyl sites for hydroxylation is 1. The van der Waals surface area contributed by atoms with Crippen LogP contribution in [-0.4, -0.2) is 19.2 Å². The summed E-state index contributed by atoms with van der Waals surface area (Å²) in [5.41, 5.74) is 2.58. The fourth-order valence-electron chi connectivity index (χ4n) is 3.11. The van der Waals surface area contributed by atoms with Crippen LogP contribution in [0.3, 0.4) is 0 Å². The van der Waals surface area contributed by atoms with Gasteiger partial charge in [-0.05, 0) is 62.8 Å². The first-order chi connectivity index (χ1) is 9.22. The third-order valence-corrected chi connectivity index (χ3v) is 4.43. The monoisotopic (exact) mass is 261 g/mol. The summed E-state index contributed by atoms with van der Waals surface area (Å²) in [5.74, 6) is 1.85. The lowest BCUT2D eigenvalue weighted by Crippen LogP contribution is -2.32. The third kappa shape index (κ3) is 3.73. The Kier molecular flexibility index (Phi) is 5.26. The zero-order chi connectivity index (χ0) is 13.7. The minimum Gasteiger partial charge on any atom is -0.493 e. The van der Waals surface area contributed by atoms with E-state index in [1.54, 1.807) is 0 Å². The number of nitrogens with one attached hydrogen (secondary N) is 1. The Bertz CT molecular complexity index is 402. The van der Waals surface area contributed by atoms with E-state index in [1.165, 1.54) is 36.8 Å². The minimum atomic E-state index is 0.715. The molecular formula is C17H27NO. The summed E-state index contributed by atoms with van der Waals surface area (Å²) < 4.78 is 5.98. The van der Waals surface area contributed by atoms with Crippen LogP contribution < -0.4 is 10.1 Å². The van der Waals surface area contributed by atoms with Crippen molar-refractivity contribution in [1.82, 2.24) is 5.32 Å². The number of hydrogen-bond donors (Lipinski definition) is 1. The highest BCUT2D eigenvalue weighted by molar-refractivity contribution is 5.38. The van der Waals surface area contributed by atoms with E-state index >= 15 is 0 Å². The third-order valence-electron chi connectivity index (χ3n) is 4.43. The Morgan fingerprint density at radius 2 is 2.11 bits per heavy atom. The van der Waals surface area contributed by atoms with Gasteiger partial charge in [-0.2, -0.15) is 0 Å². The predicted molar refractivity (Wildman–Crippen MR) is 80.8 cm³/mol. The molecule has 1 fully saturated rings.